The number of hydrogen-bond acceptors (Lipinski definition) is 4. The van der Waals surface area contributed by atoms with Crippen LogP contribution in [0.25, 0.3) is 0 Å². The van der Waals surface area contributed by atoms with E-state index in [0.717, 1.165) is 42.3 Å². The summed E-state index contributed by atoms with van der Waals surface area (Å²) in [6.07, 6.45) is 4.39. The van der Waals surface area contributed by atoms with Crippen molar-refractivity contribution in [3.63, 3.8) is 0 Å². The fraction of sp³-hybridized carbons (Fsp3) is 0.533. The van der Waals surface area contributed by atoms with E-state index < -0.39 is 0 Å². The average Bonchev–Trinajstić information content (AvgIpc) is 3.10. The van der Waals surface area contributed by atoms with Crippen LogP contribution in [0.5, 0.6) is 5.75 Å². The van der Waals surface area contributed by atoms with Gasteiger partial charge in [0.1, 0.15) is 11.5 Å². The minimum Gasteiger partial charge on any atom is -0.493 e. The molecule has 5 heteroatoms. The van der Waals surface area contributed by atoms with E-state index >= 15 is 0 Å². The number of aryl methyl sites for hydroxylation is 2. The second kappa shape index (κ2) is 6.61. The van der Waals surface area contributed by atoms with Crippen molar-refractivity contribution < 1.29 is 9.15 Å². The predicted octanol–water partition coefficient (Wildman–Crippen LogP) is 2.77. The van der Waals surface area contributed by atoms with Crippen LogP contribution in [0.3, 0.4) is 0 Å². The molecule has 1 atom stereocenters. The largest absolute Gasteiger partial charge is 0.493 e. The zero-order valence-electron chi connectivity index (χ0n) is 12.6. The number of nitrogens with one attached hydrogen (secondary N) is 1. The molecule has 0 aliphatic carbocycles. The zero-order chi connectivity index (χ0) is 14.5. The Morgan fingerprint density at radius 3 is 2.80 bits per heavy atom. The molecule has 2 heterocycles. The summed E-state index contributed by atoms with van der Waals surface area (Å²) < 4.78 is 13.0. The average molecular weight is 277 g/mol. The normalized spacial score (nSPS) is 12.6. The van der Waals surface area contributed by atoms with E-state index in [2.05, 4.69) is 31.2 Å². The molecular weight excluding hydrogens is 254 g/mol. The summed E-state index contributed by atoms with van der Waals surface area (Å²) in [5.41, 5.74) is 2.20. The molecule has 2 aromatic rings. The maximum atomic E-state index is 5.58. The van der Waals surface area contributed by atoms with Gasteiger partial charge in [-0.1, -0.05) is 13.8 Å². The maximum Gasteiger partial charge on any atom is 0.161 e. The number of hydrogen-bond donors (Lipinski definition) is 1. The lowest BCUT2D eigenvalue weighted by atomic mass is 10.0. The SMILES string of the molecule is CCNC(c1ccoc1CC)c1c(OC)cnn1CC. The van der Waals surface area contributed by atoms with Gasteiger partial charge in [0.05, 0.1) is 25.6 Å². The van der Waals surface area contributed by atoms with Gasteiger partial charge in [-0.25, -0.2) is 0 Å². The maximum absolute atomic E-state index is 5.58. The summed E-state index contributed by atoms with van der Waals surface area (Å²) in [6.45, 7) is 7.93. The van der Waals surface area contributed by atoms with Gasteiger partial charge >= 0.3 is 0 Å². The summed E-state index contributed by atoms with van der Waals surface area (Å²) in [7, 11) is 1.68. The first-order chi connectivity index (χ1) is 9.76. The first-order valence-corrected chi connectivity index (χ1v) is 7.16. The number of methoxy groups -OCH3 is 1. The van der Waals surface area contributed by atoms with Crippen molar-refractivity contribution in [3.8, 4) is 5.75 Å². The Labute approximate surface area is 119 Å². The monoisotopic (exact) mass is 277 g/mol. The highest BCUT2D eigenvalue weighted by Gasteiger charge is 2.25. The minimum absolute atomic E-state index is 0.0334. The molecule has 0 radical (unpaired) electrons. The summed E-state index contributed by atoms with van der Waals surface area (Å²) in [5, 5.41) is 7.91. The molecule has 20 heavy (non-hydrogen) atoms. The van der Waals surface area contributed by atoms with Crippen molar-refractivity contribution in [2.45, 2.75) is 39.8 Å². The highest BCUT2D eigenvalue weighted by Crippen LogP contribution is 2.32. The molecular formula is C15H23N3O2. The fourth-order valence-corrected chi connectivity index (χ4v) is 2.53. The number of nitrogens with zero attached hydrogens (tertiary/aromatic N) is 2. The van der Waals surface area contributed by atoms with Crippen molar-refractivity contribution in [3.05, 3.63) is 35.5 Å². The van der Waals surface area contributed by atoms with Crippen LogP contribution < -0.4 is 10.1 Å². The Hall–Kier alpha value is -1.75. The van der Waals surface area contributed by atoms with Crippen LogP contribution >= 0.6 is 0 Å². The van der Waals surface area contributed by atoms with Gasteiger partial charge in [-0.3, -0.25) is 4.68 Å². The minimum atomic E-state index is 0.0334. The molecule has 0 saturated carbocycles. The summed E-state index contributed by atoms with van der Waals surface area (Å²) in [5.74, 6) is 1.81. The third kappa shape index (κ3) is 2.58. The lowest BCUT2D eigenvalue weighted by molar-refractivity contribution is 0.398. The molecule has 2 rings (SSSR count). The lowest BCUT2D eigenvalue weighted by Gasteiger charge is -2.20. The van der Waals surface area contributed by atoms with Gasteiger partial charge in [0.2, 0.25) is 0 Å². The molecule has 5 nitrogen and oxygen atoms in total. The summed E-state index contributed by atoms with van der Waals surface area (Å²) in [6, 6.07) is 2.06. The van der Waals surface area contributed by atoms with Crippen LogP contribution in [0.4, 0.5) is 0 Å². The van der Waals surface area contributed by atoms with E-state index in [4.69, 9.17) is 9.15 Å². The van der Waals surface area contributed by atoms with Gasteiger partial charge in [-0.15, -0.1) is 0 Å². The molecule has 0 aliphatic heterocycles. The lowest BCUT2D eigenvalue weighted by Crippen LogP contribution is -2.25. The van der Waals surface area contributed by atoms with E-state index in [9.17, 15) is 0 Å². The third-order valence-corrected chi connectivity index (χ3v) is 3.46. The number of rotatable bonds is 7. The van der Waals surface area contributed by atoms with Crippen molar-refractivity contribution in [2.75, 3.05) is 13.7 Å². The van der Waals surface area contributed by atoms with Crippen LogP contribution in [0.1, 0.15) is 43.8 Å². The summed E-state index contributed by atoms with van der Waals surface area (Å²) in [4.78, 5) is 0. The molecule has 1 unspecified atom stereocenters. The molecule has 0 spiro atoms. The first kappa shape index (κ1) is 14.7. The van der Waals surface area contributed by atoms with Crippen LogP contribution in [0.2, 0.25) is 0 Å². The van der Waals surface area contributed by atoms with Gasteiger partial charge in [-0.2, -0.15) is 5.10 Å². The third-order valence-electron chi connectivity index (χ3n) is 3.46. The van der Waals surface area contributed by atoms with Crippen molar-refractivity contribution >= 4 is 0 Å². The molecule has 0 aromatic carbocycles. The molecule has 1 N–H and O–H groups in total. The smallest absolute Gasteiger partial charge is 0.161 e. The van der Waals surface area contributed by atoms with Crippen molar-refractivity contribution in [1.29, 1.82) is 0 Å². The molecule has 0 amide bonds. The highest BCUT2D eigenvalue weighted by atomic mass is 16.5. The Bertz CT molecular complexity index is 524. The molecule has 2 aromatic heterocycles. The second-order valence-corrected chi connectivity index (χ2v) is 4.56. The molecule has 0 bridgehead atoms. The number of furan rings is 1. The fourth-order valence-electron chi connectivity index (χ4n) is 2.53. The first-order valence-electron chi connectivity index (χ1n) is 7.16. The van der Waals surface area contributed by atoms with Gasteiger partial charge in [0.15, 0.2) is 5.75 Å². The number of ether oxygens (including phenoxy) is 1. The quantitative estimate of drug-likeness (QED) is 0.845. The Kier molecular flexibility index (Phi) is 4.84. The Morgan fingerprint density at radius 1 is 1.40 bits per heavy atom. The van der Waals surface area contributed by atoms with Gasteiger partial charge < -0.3 is 14.5 Å². The van der Waals surface area contributed by atoms with Crippen LogP contribution in [0, 0.1) is 0 Å². The van der Waals surface area contributed by atoms with Crippen molar-refractivity contribution in [2.24, 2.45) is 0 Å². The van der Waals surface area contributed by atoms with E-state index in [1.165, 1.54) is 0 Å². The van der Waals surface area contributed by atoms with Gasteiger partial charge in [0, 0.05) is 18.5 Å². The summed E-state index contributed by atoms with van der Waals surface area (Å²) >= 11 is 0. The van der Waals surface area contributed by atoms with Crippen LogP contribution in [-0.4, -0.2) is 23.4 Å². The molecule has 0 saturated heterocycles. The van der Waals surface area contributed by atoms with Gasteiger partial charge in [0.25, 0.3) is 0 Å². The predicted molar refractivity (Wildman–Crippen MR) is 78.1 cm³/mol. The van der Waals surface area contributed by atoms with Crippen molar-refractivity contribution in [1.82, 2.24) is 15.1 Å². The topological polar surface area (TPSA) is 52.2 Å². The zero-order valence-corrected chi connectivity index (χ0v) is 12.6. The molecule has 110 valence electrons. The van der Waals surface area contributed by atoms with E-state index in [0.29, 0.717) is 0 Å². The van der Waals surface area contributed by atoms with E-state index in [-0.39, 0.29) is 6.04 Å². The van der Waals surface area contributed by atoms with Crippen LogP contribution in [-0.2, 0) is 13.0 Å². The Morgan fingerprint density at radius 2 is 2.20 bits per heavy atom. The van der Waals surface area contributed by atoms with Gasteiger partial charge in [-0.05, 0) is 19.5 Å². The van der Waals surface area contributed by atoms with E-state index in [1.807, 2.05) is 10.7 Å². The standard InChI is InChI=1S/C15H23N3O2/c1-5-12-11(8-9-20-12)14(16-6-2)15-13(19-4)10-17-18(15)7-3/h8-10,14,16H,5-7H2,1-4H3. The Balaban J connectivity index is 2.50. The number of aromatic nitrogens is 2. The van der Waals surface area contributed by atoms with E-state index in [1.54, 1.807) is 19.6 Å². The molecule has 0 aliphatic rings. The van der Waals surface area contributed by atoms with Crippen LogP contribution in [0.15, 0.2) is 22.9 Å². The highest BCUT2D eigenvalue weighted by molar-refractivity contribution is 5.37. The second-order valence-electron chi connectivity index (χ2n) is 4.56. The molecule has 0 fully saturated rings.